The number of ether oxygens (including phenoxy) is 1. The second kappa shape index (κ2) is 6.83. The van der Waals surface area contributed by atoms with Gasteiger partial charge in [0, 0.05) is 0 Å². The van der Waals surface area contributed by atoms with Crippen molar-refractivity contribution in [3.8, 4) is 5.75 Å². The van der Waals surface area contributed by atoms with E-state index in [0.29, 0.717) is 14.3 Å². The summed E-state index contributed by atoms with van der Waals surface area (Å²) in [4.78, 5) is 0. The number of benzene rings is 1. The average molecular weight is 233 g/mol. The van der Waals surface area contributed by atoms with Gasteiger partial charge >= 0.3 is 0 Å². The fraction of sp³-hybridized carbons (Fsp3) is 0.250. The minimum atomic E-state index is -1.46. The molecule has 0 saturated carbocycles. The van der Waals surface area contributed by atoms with Crippen molar-refractivity contribution >= 4 is 18.0 Å². The van der Waals surface area contributed by atoms with Crippen molar-refractivity contribution in [3.63, 3.8) is 0 Å². The van der Waals surface area contributed by atoms with Crippen molar-refractivity contribution < 1.29 is 13.7 Å². The van der Waals surface area contributed by atoms with Crippen LogP contribution in [0, 0.1) is 0 Å². The molecule has 1 aromatic rings. The molecule has 0 N–H and O–H groups in total. The van der Waals surface area contributed by atoms with Crippen LogP contribution >= 0.6 is 18.0 Å². The lowest BCUT2D eigenvalue weighted by Crippen LogP contribution is -2.15. The van der Waals surface area contributed by atoms with Crippen LogP contribution in [0.1, 0.15) is 0 Å². The number of alkyl halides is 1. The number of rotatable bonds is 5. The minimum absolute atomic E-state index is 0.131. The molecule has 0 spiro atoms. The first-order chi connectivity index (χ1) is 6.83. The van der Waals surface area contributed by atoms with E-state index < -0.39 is 6.36 Å². The molecule has 14 heavy (non-hydrogen) atoms. The molecule has 0 bridgehead atoms. The molecule has 76 valence electrons. The molecule has 0 fully saturated rings. The topological polar surface area (TPSA) is 30.8 Å². The summed E-state index contributed by atoms with van der Waals surface area (Å²) in [6.07, 6.45) is -1.46. The first-order valence-electron chi connectivity index (χ1n) is 3.91. The summed E-state index contributed by atoms with van der Waals surface area (Å²) in [6.45, 7) is -0.131. The standard InChI is InChI=1S/C8H10FNO2P2/c9-8(6-11-14-10-13)12-7-4-2-1-3-5-7/h1-5,8H,6,13H2. The molecule has 0 aromatic heterocycles. The summed E-state index contributed by atoms with van der Waals surface area (Å²) in [5, 5.41) is 0. The van der Waals surface area contributed by atoms with Crippen molar-refractivity contribution in [2.45, 2.75) is 6.36 Å². The van der Waals surface area contributed by atoms with Gasteiger partial charge in [0.25, 0.3) is 6.36 Å². The third-order valence-electron chi connectivity index (χ3n) is 1.32. The molecule has 1 rings (SSSR count). The normalized spacial score (nSPS) is 13.0. The lowest BCUT2D eigenvalue weighted by molar-refractivity contribution is 0.0282. The first-order valence-corrected chi connectivity index (χ1v) is 5.19. The van der Waals surface area contributed by atoms with Crippen molar-refractivity contribution in [1.82, 2.24) is 0 Å². The summed E-state index contributed by atoms with van der Waals surface area (Å²) in [5.41, 5.74) is 0. The molecule has 0 saturated heterocycles. The third-order valence-corrected chi connectivity index (χ3v) is 1.96. The number of nitrogens with zero attached hydrogens (tertiary/aromatic N) is 1. The van der Waals surface area contributed by atoms with Gasteiger partial charge in [0.1, 0.15) is 12.4 Å². The molecule has 0 aliphatic carbocycles. The third kappa shape index (κ3) is 4.61. The quantitative estimate of drug-likeness (QED) is 0.731. The monoisotopic (exact) mass is 233 g/mol. The molecule has 0 radical (unpaired) electrons. The van der Waals surface area contributed by atoms with E-state index in [1.54, 1.807) is 24.3 Å². The van der Waals surface area contributed by atoms with Crippen LogP contribution in [-0.2, 0) is 4.52 Å². The van der Waals surface area contributed by atoms with Gasteiger partial charge in [-0.1, -0.05) is 18.2 Å². The van der Waals surface area contributed by atoms with Crippen molar-refractivity contribution in [2.24, 2.45) is 4.52 Å². The Hall–Kier alpha value is -0.560. The smallest absolute Gasteiger partial charge is 0.262 e. The molecule has 1 aromatic carbocycles. The van der Waals surface area contributed by atoms with Gasteiger partial charge < -0.3 is 9.26 Å². The SMILES string of the molecule is FC(COP=NP)Oc1ccccc1. The predicted octanol–water partition coefficient (Wildman–Crippen LogP) is 3.21. The van der Waals surface area contributed by atoms with Gasteiger partial charge in [-0.25, -0.2) is 4.52 Å². The second-order valence-corrected chi connectivity index (χ2v) is 3.68. The zero-order valence-electron chi connectivity index (χ0n) is 7.34. The van der Waals surface area contributed by atoms with Gasteiger partial charge in [-0.2, -0.15) is 4.39 Å². The van der Waals surface area contributed by atoms with Crippen molar-refractivity contribution in [2.75, 3.05) is 6.61 Å². The van der Waals surface area contributed by atoms with Crippen LogP contribution in [0.2, 0.25) is 0 Å². The van der Waals surface area contributed by atoms with E-state index in [9.17, 15) is 4.39 Å². The number of hydrogen-bond donors (Lipinski definition) is 0. The second-order valence-electron chi connectivity index (χ2n) is 2.33. The van der Waals surface area contributed by atoms with Gasteiger partial charge in [-0.3, -0.25) is 0 Å². The van der Waals surface area contributed by atoms with Crippen LogP contribution in [0.25, 0.3) is 0 Å². The molecular weight excluding hydrogens is 223 g/mol. The zero-order chi connectivity index (χ0) is 10.2. The van der Waals surface area contributed by atoms with E-state index in [2.05, 4.69) is 13.9 Å². The highest BCUT2D eigenvalue weighted by atomic mass is 31.1. The molecule has 0 aliphatic heterocycles. The average Bonchev–Trinajstić information content (AvgIpc) is 2.20. The molecule has 2 atom stereocenters. The van der Waals surface area contributed by atoms with Crippen molar-refractivity contribution in [1.29, 1.82) is 0 Å². The van der Waals surface area contributed by atoms with E-state index in [1.165, 1.54) is 0 Å². The molecule has 0 aliphatic rings. The van der Waals surface area contributed by atoms with Gasteiger partial charge in [0.05, 0.1) is 0 Å². The molecule has 6 heteroatoms. The molecule has 0 heterocycles. The maximum Gasteiger partial charge on any atom is 0.262 e. The molecule has 2 unspecified atom stereocenters. The van der Waals surface area contributed by atoms with E-state index in [4.69, 9.17) is 9.26 Å². The molecule has 3 nitrogen and oxygen atoms in total. The molecular formula is C8H10FNO2P2. The van der Waals surface area contributed by atoms with Crippen molar-refractivity contribution in [3.05, 3.63) is 30.3 Å². The Balaban J connectivity index is 2.30. The fourth-order valence-corrected chi connectivity index (χ4v) is 1.26. The Morgan fingerprint density at radius 1 is 1.43 bits per heavy atom. The lowest BCUT2D eigenvalue weighted by atomic mass is 10.3. The zero-order valence-corrected chi connectivity index (χ0v) is 9.39. The van der Waals surface area contributed by atoms with Crippen LogP contribution in [0.4, 0.5) is 4.39 Å². The van der Waals surface area contributed by atoms with E-state index in [0.717, 1.165) is 0 Å². The van der Waals surface area contributed by atoms with Gasteiger partial charge in [0.2, 0.25) is 0 Å². The number of hydrogen-bond acceptors (Lipinski definition) is 3. The summed E-state index contributed by atoms with van der Waals surface area (Å²) >= 11 is 0. The Morgan fingerprint density at radius 2 is 2.14 bits per heavy atom. The highest BCUT2D eigenvalue weighted by Gasteiger charge is 2.06. The maximum atomic E-state index is 13.0. The maximum absolute atomic E-state index is 13.0. The van der Waals surface area contributed by atoms with E-state index in [1.807, 2.05) is 6.07 Å². The van der Waals surface area contributed by atoms with Crippen LogP contribution in [0.15, 0.2) is 34.8 Å². The van der Waals surface area contributed by atoms with Gasteiger partial charge in [0.15, 0.2) is 8.60 Å². The Kier molecular flexibility index (Phi) is 5.62. The van der Waals surface area contributed by atoms with Gasteiger partial charge in [-0.15, -0.1) is 0 Å². The largest absolute Gasteiger partial charge is 0.458 e. The Morgan fingerprint density at radius 3 is 2.79 bits per heavy atom. The predicted molar refractivity (Wildman–Crippen MR) is 57.0 cm³/mol. The molecule has 0 amide bonds. The summed E-state index contributed by atoms with van der Waals surface area (Å²) in [6, 6.07) is 8.76. The minimum Gasteiger partial charge on any atom is -0.458 e. The number of halogens is 1. The highest BCUT2D eigenvalue weighted by molar-refractivity contribution is 7.31. The van der Waals surface area contributed by atoms with E-state index in [-0.39, 0.29) is 6.61 Å². The lowest BCUT2D eigenvalue weighted by Gasteiger charge is -2.09. The first kappa shape index (κ1) is 11.5. The number of para-hydroxylation sites is 1. The van der Waals surface area contributed by atoms with Crippen LogP contribution in [0.3, 0.4) is 0 Å². The fourth-order valence-electron chi connectivity index (χ4n) is 0.806. The summed E-state index contributed by atoms with van der Waals surface area (Å²) in [7, 11) is 2.50. The van der Waals surface area contributed by atoms with E-state index >= 15 is 0 Å². The van der Waals surface area contributed by atoms with Gasteiger partial charge in [-0.05, 0) is 21.5 Å². The highest BCUT2D eigenvalue weighted by Crippen LogP contribution is 2.13. The van der Waals surface area contributed by atoms with Crippen LogP contribution in [0.5, 0.6) is 5.75 Å². The van der Waals surface area contributed by atoms with Crippen LogP contribution in [-0.4, -0.2) is 13.0 Å². The Bertz CT molecular complexity index is 284. The summed E-state index contributed by atoms with van der Waals surface area (Å²) in [5.74, 6) is 0.489. The van der Waals surface area contributed by atoms with Crippen LogP contribution < -0.4 is 4.74 Å². The Labute approximate surface area is 85.8 Å². The summed E-state index contributed by atoms with van der Waals surface area (Å²) < 4.78 is 26.3.